The number of hydrazone groups is 1. The fourth-order valence-corrected chi connectivity index (χ4v) is 4.80. The summed E-state index contributed by atoms with van der Waals surface area (Å²) in [6.45, 7) is 0.669. The Kier molecular flexibility index (Phi) is 7.42. The zero-order valence-corrected chi connectivity index (χ0v) is 19.1. The smallest absolute Gasteiger partial charge is 0.271 e. The Balaban J connectivity index is 1.35. The number of ether oxygens (including phenoxy) is 1. The normalized spacial score (nSPS) is 15.7. The van der Waals surface area contributed by atoms with Crippen molar-refractivity contribution in [1.29, 1.82) is 0 Å². The molecular formula is C26H25N3O3S. The van der Waals surface area contributed by atoms with Gasteiger partial charge < -0.3 is 9.64 Å². The number of thioether (sulfide) groups is 1. The molecule has 1 N–H and O–H groups in total. The van der Waals surface area contributed by atoms with Crippen LogP contribution in [0.4, 0.5) is 0 Å². The largest absolute Gasteiger partial charge is 0.497 e. The van der Waals surface area contributed by atoms with E-state index in [0.717, 1.165) is 23.3 Å². The second-order valence-corrected chi connectivity index (χ2v) is 8.65. The number of methoxy groups -OCH3 is 1. The van der Waals surface area contributed by atoms with Crippen LogP contribution in [0.2, 0.25) is 0 Å². The van der Waals surface area contributed by atoms with Crippen molar-refractivity contribution in [3.63, 3.8) is 0 Å². The summed E-state index contributed by atoms with van der Waals surface area (Å²) in [5.41, 5.74) is 6.13. The molecule has 0 spiro atoms. The molecule has 1 heterocycles. The molecule has 1 fully saturated rings. The summed E-state index contributed by atoms with van der Waals surface area (Å²) >= 11 is 1.62. The van der Waals surface area contributed by atoms with E-state index in [1.807, 2.05) is 59.5 Å². The lowest BCUT2D eigenvalue weighted by Gasteiger charge is -2.24. The lowest BCUT2D eigenvalue weighted by Crippen LogP contribution is -2.30. The molecule has 1 atom stereocenters. The summed E-state index contributed by atoms with van der Waals surface area (Å²) in [5, 5.41) is 3.99. The molecule has 1 aliphatic rings. The van der Waals surface area contributed by atoms with Gasteiger partial charge in [0.15, 0.2) is 0 Å². The highest BCUT2D eigenvalue weighted by Crippen LogP contribution is 2.38. The number of hydrogen-bond donors (Lipinski definition) is 1. The topological polar surface area (TPSA) is 71.0 Å². The predicted molar refractivity (Wildman–Crippen MR) is 132 cm³/mol. The van der Waals surface area contributed by atoms with Crippen molar-refractivity contribution in [2.24, 2.45) is 5.10 Å². The average Bonchev–Trinajstić information content (AvgIpc) is 3.24. The van der Waals surface area contributed by atoms with E-state index < -0.39 is 0 Å². The lowest BCUT2D eigenvalue weighted by molar-refractivity contribution is -0.128. The number of nitrogens with one attached hydrogen (secondary N) is 1. The Morgan fingerprint density at radius 2 is 1.82 bits per heavy atom. The van der Waals surface area contributed by atoms with Gasteiger partial charge in [0.05, 0.1) is 19.1 Å². The molecule has 0 aliphatic carbocycles. The van der Waals surface area contributed by atoms with Gasteiger partial charge in [-0.25, -0.2) is 5.43 Å². The molecule has 6 nitrogen and oxygen atoms in total. The van der Waals surface area contributed by atoms with Gasteiger partial charge in [-0.15, -0.1) is 11.8 Å². The molecule has 168 valence electrons. The van der Waals surface area contributed by atoms with Crippen LogP contribution in [0.25, 0.3) is 0 Å². The van der Waals surface area contributed by atoms with Gasteiger partial charge in [0.1, 0.15) is 11.1 Å². The standard InChI is InChI=1S/C26H25N3O3S/c1-32-23-13-7-20(8-14-23)17-27-28-25(31)21-9-11-22(12-10-21)26-29(24(30)18-33-26)16-15-19-5-3-2-4-6-19/h2-14,17,26H,15-16,18H2,1H3,(H,28,31)/b27-17-/t26-/m0/s1. The van der Waals surface area contributed by atoms with Crippen molar-refractivity contribution in [1.82, 2.24) is 10.3 Å². The van der Waals surface area contributed by atoms with Gasteiger partial charge in [-0.2, -0.15) is 5.10 Å². The van der Waals surface area contributed by atoms with Crippen LogP contribution in [0.15, 0.2) is 84.0 Å². The minimum absolute atomic E-state index is 0.0357. The third-order valence-electron chi connectivity index (χ3n) is 5.41. The summed E-state index contributed by atoms with van der Waals surface area (Å²) < 4.78 is 5.13. The third-order valence-corrected chi connectivity index (χ3v) is 6.66. The Morgan fingerprint density at radius 3 is 2.52 bits per heavy atom. The monoisotopic (exact) mass is 459 g/mol. The lowest BCUT2D eigenvalue weighted by atomic mass is 10.1. The van der Waals surface area contributed by atoms with Crippen molar-refractivity contribution in [3.05, 3.63) is 101 Å². The number of benzene rings is 3. The molecule has 0 bridgehead atoms. The van der Waals surface area contributed by atoms with Crippen LogP contribution in [-0.4, -0.2) is 42.3 Å². The van der Waals surface area contributed by atoms with E-state index in [0.29, 0.717) is 17.9 Å². The van der Waals surface area contributed by atoms with Gasteiger partial charge in [0, 0.05) is 12.1 Å². The first kappa shape index (κ1) is 22.6. The van der Waals surface area contributed by atoms with Gasteiger partial charge >= 0.3 is 0 Å². The van der Waals surface area contributed by atoms with Crippen LogP contribution < -0.4 is 10.2 Å². The second-order valence-electron chi connectivity index (χ2n) is 7.58. The highest BCUT2D eigenvalue weighted by atomic mass is 32.2. The van der Waals surface area contributed by atoms with Gasteiger partial charge in [-0.1, -0.05) is 42.5 Å². The second kappa shape index (κ2) is 10.8. The van der Waals surface area contributed by atoms with E-state index in [9.17, 15) is 9.59 Å². The van der Waals surface area contributed by atoms with Crippen LogP contribution in [0.1, 0.15) is 32.4 Å². The van der Waals surface area contributed by atoms with E-state index in [2.05, 4.69) is 22.7 Å². The van der Waals surface area contributed by atoms with Crippen molar-refractivity contribution in [2.75, 3.05) is 19.4 Å². The molecule has 3 aromatic rings. The molecule has 4 rings (SSSR count). The molecule has 3 aromatic carbocycles. The number of nitrogens with zero attached hydrogens (tertiary/aromatic N) is 2. The van der Waals surface area contributed by atoms with Gasteiger partial charge in [-0.3, -0.25) is 9.59 Å². The number of amides is 2. The highest BCUT2D eigenvalue weighted by molar-refractivity contribution is 8.00. The Morgan fingerprint density at radius 1 is 1.09 bits per heavy atom. The molecule has 0 unspecified atom stereocenters. The van der Waals surface area contributed by atoms with Crippen LogP contribution in [0.5, 0.6) is 5.75 Å². The van der Waals surface area contributed by atoms with Crippen molar-refractivity contribution in [3.8, 4) is 5.75 Å². The Hall–Kier alpha value is -3.58. The first-order chi connectivity index (χ1) is 16.1. The maximum absolute atomic E-state index is 12.4. The molecule has 0 saturated carbocycles. The summed E-state index contributed by atoms with van der Waals surface area (Å²) in [6, 6.07) is 24.9. The Bertz CT molecular complexity index is 1120. The molecule has 2 amide bonds. The molecule has 1 aliphatic heterocycles. The van der Waals surface area contributed by atoms with Crippen LogP contribution >= 0.6 is 11.8 Å². The SMILES string of the molecule is COc1ccc(/C=N\NC(=O)c2ccc([C@@H]3SCC(=O)N3CCc3ccccc3)cc2)cc1. The summed E-state index contributed by atoms with van der Waals surface area (Å²) in [4.78, 5) is 26.8. The zero-order chi connectivity index (χ0) is 23.0. The number of hydrogen-bond acceptors (Lipinski definition) is 5. The molecule has 0 aromatic heterocycles. The number of rotatable bonds is 8. The summed E-state index contributed by atoms with van der Waals surface area (Å²) in [6.07, 6.45) is 2.40. The molecule has 0 radical (unpaired) electrons. The minimum Gasteiger partial charge on any atom is -0.497 e. The third kappa shape index (κ3) is 5.81. The van der Waals surface area contributed by atoms with E-state index >= 15 is 0 Å². The minimum atomic E-state index is -0.289. The highest BCUT2D eigenvalue weighted by Gasteiger charge is 2.32. The fraction of sp³-hybridized carbons (Fsp3) is 0.192. The number of carbonyl (C=O) groups excluding carboxylic acids is 2. The van der Waals surface area contributed by atoms with Gasteiger partial charge in [0.25, 0.3) is 5.91 Å². The molecule has 7 heteroatoms. The van der Waals surface area contributed by atoms with Crippen LogP contribution in [0, 0.1) is 0 Å². The molecule has 33 heavy (non-hydrogen) atoms. The summed E-state index contributed by atoms with van der Waals surface area (Å²) in [5.74, 6) is 1.09. The van der Waals surface area contributed by atoms with Crippen LogP contribution in [0.3, 0.4) is 0 Å². The predicted octanol–water partition coefficient (Wildman–Crippen LogP) is 4.28. The van der Waals surface area contributed by atoms with E-state index in [1.54, 1.807) is 37.2 Å². The number of carbonyl (C=O) groups is 2. The molecule has 1 saturated heterocycles. The quantitative estimate of drug-likeness (QED) is 0.403. The maximum atomic E-state index is 12.4. The van der Waals surface area contributed by atoms with E-state index in [1.165, 1.54) is 5.56 Å². The van der Waals surface area contributed by atoms with Crippen molar-refractivity contribution in [2.45, 2.75) is 11.8 Å². The van der Waals surface area contributed by atoms with Crippen molar-refractivity contribution >= 4 is 29.8 Å². The van der Waals surface area contributed by atoms with Gasteiger partial charge in [0.2, 0.25) is 5.91 Å². The van der Waals surface area contributed by atoms with E-state index in [4.69, 9.17) is 4.74 Å². The van der Waals surface area contributed by atoms with Crippen LogP contribution in [-0.2, 0) is 11.2 Å². The Labute approximate surface area is 197 Å². The zero-order valence-electron chi connectivity index (χ0n) is 18.3. The van der Waals surface area contributed by atoms with Gasteiger partial charge in [-0.05, 0) is 59.5 Å². The molecular weight excluding hydrogens is 434 g/mol. The summed E-state index contributed by atoms with van der Waals surface area (Å²) in [7, 11) is 1.61. The maximum Gasteiger partial charge on any atom is 0.271 e. The van der Waals surface area contributed by atoms with Crippen molar-refractivity contribution < 1.29 is 14.3 Å². The fourth-order valence-electron chi connectivity index (χ4n) is 3.59. The van der Waals surface area contributed by atoms with E-state index in [-0.39, 0.29) is 17.2 Å². The first-order valence-electron chi connectivity index (χ1n) is 10.7. The first-order valence-corrected chi connectivity index (χ1v) is 11.7. The average molecular weight is 460 g/mol.